The van der Waals surface area contributed by atoms with E-state index in [0.29, 0.717) is 12.1 Å². The van der Waals surface area contributed by atoms with Crippen molar-refractivity contribution < 1.29 is 4.74 Å². The fourth-order valence-corrected chi connectivity index (χ4v) is 3.29. The minimum absolute atomic E-state index is 0.315. The maximum absolute atomic E-state index is 9.48. The van der Waals surface area contributed by atoms with E-state index in [0.717, 1.165) is 31.8 Å². The third-order valence-electron chi connectivity index (χ3n) is 4.87. The van der Waals surface area contributed by atoms with Gasteiger partial charge in [-0.05, 0) is 50.9 Å². The van der Waals surface area contributed by atoms with Gasteiger partial charge in [0.2, 0.25) is 0 Å². The maximum atomic E-state index is 9.48. The second-order valence-corrected chi connectivity index (χ2v) is 6.83. The highest BCUT2D eigenvalue weighted by atomic mass is 16.5. The zero-order chi connectivity index (χ0) is 14.4. The van der Waals surface area contributed by atoms with Gasteiger partial charge >= 0.3 is 0 Å². The Morgan fingerprint density at radius 1 is 1.30 bits per heavy atom. The number of nitrogens with zero attached hydrogens (tertiary/aromatic N) is 1. The van der Waals surface area contributed by atoms with Gasteiger partial charge in [0.15, 0.2) is 0 Å². The lowest BCUT2D eigenvalue weighted by Crippen LogP contribution is -2.45. The van der Waals surface area contributed by atoms with Crippen LogP contribution in [0.25, 0.3) is 0 Å². The van der Waals surface area contributed by atoms with Crippen LogP contribution in [0.5, 0.6) is 0 Å². The molecule has 2 rings (SSSR count). The largest absolute Gasteiger partial charge is 0.378 e. The Hall–Kier alpha value is -0.590. The van der Waals surface area contributed by atoms with E-state index in [1.54, 1.807) is 0 Å². The lowest BCUT2D eigenvalue weighted by molar-refractivity contribution is 0.0121. The van der Waals surface area contributed by atoms with Gasteiger partial charge in [-0.3, -0.25) is 5.32 Å². The Balaban J connectivity index is 1.66. The van der Waals surface area contributed by atoms with Gasteiger partial charge in [-0.1, -0.05) is 26.7 Å². The topological polar surface area (TPSA) is 45.0 Å². The van der Waals surface area contributed by atoms with Crippen molar-refractivity contribution in [3.63, 3.8) is 0 Å². The van der Waals surface area contributed by atoms with Crippen LogP contribution in [0.2, 0.25) is 0 Å². The Kier molecular flexibility index (Phi) is 5.86. The molecule has 3 nitrogen and oxygen atoms in total. The predicted octanol–water partition coefficient (Wildman–Crippen LogP) is 3.79. The third kappa shape index (κ3) is 4.75. The lowest BCUT2D eigenvalue weighted by atomic mass is 9.88. The molecule has 0 aromatic heterocycles. The van der Waals surface area contributed by atoms with Crippen LogP contribution in [0, 0.1) is 17.2 Å². The van der Waals surface area contributed by atoms with E-state index in [1.165, 1.54) is 38.5 Å². The molecule has 1 N–H and O–H groups in total. The van der Waals surface area contributed by atoms with E-state index in [2.05, 4.69) is 25.2 Å². The molecular formula is C17H30N2O. The summed E-state index contributed by atoms with van der Waals surface area (Å²) in [5, 5.41) is 13.0. The average molecular weight is 278 g/mol. The first-order chi connectivity index (χ1) is 9.67. The molecule has 0 amide bonds. The van der Waals surface area contributed by atoms with Crippen molar-refractivity contribution in [3.8, 4) is 6.07 Å². The van der Waals surface area contributed by atoms with Crippen LogP contribution in [0.1, 0.15) is 71.6 Å². The highest BCUT2D eigenvalue weighted by Crippen LogP contribution is 2.28. The van der Waals surface area contributed by atoms with Crippen molar-refractivity contribution in [2.45, 2.75) is 89.3 Å². The molecule has 0 aromatic rings. The summed E-state index contributed by atoms with van der Waals surface area (Å²) >= 11 is 0. The molecule has 0 heterocycles. The number of nitrogens with one attached hydrogen (secondary N) is 1. The van der Waals surface area contributed by atoms with Gasteiger partial charge in [0.05, 0.1) is 12.2 Å². The van der Waals surface area contributed by atoms with E-state index in [4.69, 9.17) is 4.74 Å². The lowest BCUT2D eigenvalue weighted by Gasteiger charge is -2.29. The summed E-state index contributed by atoms with van der Waals surface area (Å²) in [6.07, 6.45) is 10.8. The number of rotatable bonds is 8. The molecule has 0 aliphatic heterocycles. The van der Waals surface area contributed by atoms with E-state index in [1.807, 2.05) is 0 Å². The molecule has 3 unspecified atom stereocenters. The zero-order valence-electron chi connectivity index (χ0n) is 13.2. The summed E-state index contributed by atoms with van der Waals surface area (Å²) in [4.78, 5) is 0. The fourth-order valence-electron chi connectivity index (χ4n) is 3.29. The smallest absolute Gasteiger partial charge is 0.106 e. The molecule has 0 aromatic carbocycles. The summed E-state index contributed by atoms with van der Waals surface area (Å²) in [5.41, 5.74) is -0.315. The second kappa shape index (κ2) is 7.43. The van der Waals surface area contributed by atoms with E-state index in [9.17, 15) is 5.26 Å². The number of ether oxygens (including phenoxy) is 1. The van der Waals surface area contributed by atoms with E-state index in [-0.39, 0.29) is 5.54 Å². The fraction of sp³-hybridized carbons (Fsp3) is 0.941. The first kappa shape index (κ1) is 15.8. The van der Waals surface area contributed by atoms with Crippen LogP contribution in [-0.2, 0) is 4.74 Å². The molecule has 2 aliphatic rings. The Labute approximate surface area is 124 Å². The summed E-state index contributed by atoms with van der Waals surface area (Å²) < 4.78 is 6.02. The van der Waals surface area contributed by atoms with Crippen LogP contribution in [0.4, 0.5) is 0 Å². The van der Waals surface area contributed by atoms with E-state index < -0.39 is 0 Å². The molecule has 3 atom stereocenters. The van der Waals surface area contributed by atoms with Gasteiger partial charge < -0.3 is 4.74 Å². The Morgan fingerprint density at radius 2 is 2.10 bits per heavy atom. The molecule has 0 radical (unpaired) electrons. The van der Waals surface area contributed by atoms with Gasteiger partial charge in [0, 0.05) is 12.6 Å². The van der Waals surface area contributed by atoms with Crippen molar-refractivity contribution in [2.24, 2.45) is 5.92 Å². The molecular weight excluding hydrogens is 248 g/mol. The Morgan fingerprint density at radius 3 is 2.70 bits per heavy atom. The first-order valence-corrected chi connectivity index (χ1v) is 8.48. The average Bonchev–Trinajstić information content (AvgIpc) is 3.26. The van der Waals surface area contributed by atoms with Crippen molar-refractivity contribution in [1.29, 1.82) is 5.26 Å². The standard InChI is InChI=1S/C17H30N2O/c1-3-17(13-18,19-15-8-9-15)10-5-11-20-16-7-4-6-14(2)12-16/h14-16,19H,3-12H2,1-2H3. The Bertz CT molecular complexity index is 334. The van der Waals surface area contributed by atoms with Crippen molar-refractivity contribution in [1.82, 2.24) is 5.32 Å². The number of hydrogen-bond acceptors (Lipinski definition) is 3. The van der Waals surface area contributed by atoms with Crippen LogP contribution >= 0.6 is 0 Å². The molecule has 2 aliphatic carbocycles. The quantitative estimate of drug-likeness (QED) is 0.687. The highest BCUT2D eigenvalue weighted by Gasteiger charge is 2.34. The first-order valence-electron chi connectivity index (χ1n) is 8.48. The SMILES string of the molecule is CCC(C#N)(CCCOC1CCCC(C)C1)NC1CC1. The summed E-state index contributed by atoms with van der Waals surface area (Å²) in [6.45, 7) is 5.25. The summed E-state index contributed by atoms with van der Waals surface area (Å²) in [5.74, 6) is 0.819. The number of hydrogen-bond donors (Lipinski definition) is 1. The minimum atomic E-state index is -0.315. The normalized spacial score (nSPS) is 29.6. The van der Waals surface area contributed by atoms with Crippen LogP contribution in [0.3, 0.4) is 0 Å². The van der Waals surface area contributed by atoms with Crippen LogP contribution < -0.4 is 5.32 Å². The predicted molar refractivity (Wildman–Crippen MR) is 81.4 cm³/mol. The van der Waals surface area contributed by atoms with E-state index >= 15 is 0 Å². The van der Waals surface area contributed by atoms with Crippen molar-refractivity contribution >= 4 is 0 Å². The van der Waals surface area contributed by atoms with Crippen molar-refractivity contribution in [3.05, 3.63) is 0 Å². The highest BCUT2D eigenvalue weighted by molar-refractivity contribution is 5.09. The molecule has 3 heteroatoms. The second-order valence-electron chi connectivity index (χ2n) is 6.83. The number of nitriles is 1. The molecule has 114 valence electrons. The molecule has 2 saturated carbocycles. The van der Waals surface area contributed by atoms with Crippen LogP contribution in [0.15, 0.2) is 0 Å². The minimum Gasteiger partial charge on any atom is -0.378 e. The van der Waals surface area contributed by atoms with Gasteiger partial charge in [0.1, 0.15) is 5.54 Å². The molecule has 2 fully saturated rings. The molecule has 0 spiro atoms. The van der Waals surface area contributed by atoms with Gasteiger partial charge in [-0.2, -0.15) is 5.26 Å². The molecule has 0 saturated heterocycles. The van der Waals surface area contributed by atoms with Gasteiger partial charge in [-0.25, -0.2) is 0 Å². The summed E-state index contributed by atoms with van der Waals surface area (Å²) in [6, 6.07) is 3.11. The zero-order valence-corrected chi connectivity index (χ0v) is 13.2. The maximum Gasteiger partial charge on any atom is 0.106 e. The summed E-state index contributed by atoms with van der Waals surface area (Å²) in [7, 11) is 0. The molecule has 20 heavy (non-hydrogen) atoms. The van der Waals surface area contributed by atoms with Crippen LogP contribution in [-0.4, -0.2) is 24.3 Å². The van der Waals surface area contributed by atoms with Crippen molar-refractivity contribution in [2.75, 3.05) is 6.61 Å². The van der Waals surface area contributed by atoms with Gasteiger partial charge in [0.25, 0.3) is 0 Å². The monoisotopic (exact) mass is 278 g/mol. The third-order valence-corrected chi connectivity index (χ3v) is 4.87. The molecule has 0 bridgehead atoms. The van der Waals surface area contributed by atoms with Gasteiger partial charge in [-0.15, -0.1) is 0 Å².